The zero-order chi connectivity index (χ0) is 13.8. The number of hydrogen-bond donors (Lipinski definition) is 0. The van der Waals surface area contributed by atoms with E-state index in [2.05, 4.69) is 17.1 Å². The molecule has 2 rings (SSSR count). The van der Waals surface area contributed by atoms with E-state index >= 15 is 0 Å². The molecule has 0 bridgehead atoms. The Labute approximate surface area is 113 Å². The molecule has 1 nitrogen and oxygen atoms in total. The van der Waals surface area contributed by atoms with Crippen molar-refractivity contribution < 1.29 is 4.39 Å². The number of aryl methyl sites for hydroxylation is 1. The van der Waals surface area contributed by atoms with Crippen molar-refractivity contribution in [2.45, 2.75) is 26.8 Å². The molecule has 2 aromatic rings. The summed E-state index contributed by atoms with van der Waals surface area (Å²) < 4.78 is 13.5. The summed E-state index contributed by atoms with van der Waals surface area (Å²) in [6, 6.07) is 15.4. The molecule has 0 aliphatic rings. The fourth-order valence-corrected chi connectivity index (χ4v) is 1.99. The molecule has 2 heteroatoms. The lowest BCUT2D eigenvalue weighted by molar-refractivity contribution is 0.618. The van der Waals surface area contributed by atoms with Crippen LogP contribution in [0.3, 0.4) is 0 Å². The standard InChI is InChI=1S/C17H18FN/c1-12-9-10-16(11-17(12)18)14(3)19-13(2)15-7-5-4-6-8-15/h4-11,13H,1-3H3/b19-14+/t13-/m0/s1. The second kappa shape index (κ2) is 5.79. The summed E-state index contributed by atoms with van der Waals surface area (Å²) in [5, 5.41) is 0. The van der Waals surface area contributed by atoms with Gasteiger partial charge in [0.2, 0.25) is 0 Å². The van der Waals surface area contributed by atoms with Crippen LogP contribution in [0.4, 0.5) is 4.39 Å². The maximum Gasteiger partial charge on any atom is 0.126 e. The molecule has 0 radical (unpaired) electrons. The van der Waals surface area contributed by atoms with Crippen LogP contribution >= 0.6 is 0 Å². The van der Waals surface area contributed by atoms with Crippen molar-refractivity contribution in [2.24, 2.45) is 4.99 Å². The first-order valence-electron chi connectivity index (χ1n) is 6.44. The molecule has 1 atom stereocenters. The summed E-state index contributed by atoms with van der Waals surface area (Å²) in [6.45, 7) is 5.73. The highest BCUT2D eigenvalue weighted by atomic mass is 19.1. The summed E-state index contributed by atoms with van der Waals surface area (Å²) in [6.07, 6.45) is 0. The molecule has 19 heavy (non-hydrogen) atoms. The van der Waals surface area contributed by atoms with Gasteiger partial charge < -0.3 is 0 Å². The van der Waals surface area contributed by atoms with E-state index < -0.39 is 0 Å². The lowest BCUT2D eigenvalue weighted by Crippen LogP contribution is -2.00. The Hall–Kier alpha value is -1.96. The Morgan fingerprint density at radius 1 is 1.11 bits per heavy atom. The molecule has 0 amide bonds. The Bertz CT molecular complexity index is 587. The van der Waals surface area contributed by atoms with Gasteiger partial charge in [0.05, 0.1) is 6.04 Å². The van der Waals surface area contributed by atoms with Gasteiger partial charge in [-0.3, -0.25) is 4.99 Å². The number of hydrogen-bond acceptors (Lipinski definition) is 1. The third-order valence-corrected chi connectivity index (χ3v) is 3.26. The SMILES string of the molecule is C/C(=N\[C@@H](C)c1ccccc1)c1ccc(C)c(F)c1. The van der Waals surface area contributed by atoms with E-state index in [4.69, 9.17) is 0 Å². The van der Waals surface area contributed by atoms with Gasteiger partial charge in [-0.15, -0.1) is 0 Å². The van der Waals surface area contributed by atoms with Crippen LogP contribution < -0.4 is 0 Å². The van der Waals surface area contributed by atoms with Crippen LogP contribution in [0.1, 0.15) is 36.6 Å². The third-order valence-electron chi connectivity index (χ3n) is 3.26. The summed E-state index contributed by atoms with van der Waals surface area (Å²) in [7, 11) is 0. The van der Waals surface area contributed by atoms with E-state index in [0.717, 1.165) is 16.8 Å². The van der Waals surface area contributed by atoms with E-state index in [-0.39, 0.29) is 11.9 Å². The van der Waals surface area contributed by atoms with E-state index in [1.54, 1.807) is 19.1 Å². The number of aliphatic imine (C=N–C) groups is 1. The molecule has 0 aliphatic heterocycles. The van der Waals surface area contributed by atoms with Crippen molar-refractivity contribution in [1.82, 2.24) is 0 Å². The molecule has 0 heterocycles. The van der Waals surface area contributed by atoms with Gasteiger partial charge in [0.1, 0.15) is 5.82 Å². The van der Waals surface area contributed by atoms with Crippen LogP contribution in [0, 0.1) is 12.7 Å². The van der Waals surface area contributed by atoms with Crippen molar-refractivity contribution in [3.8, 4) is 0 Å². The highest BCUT2D eigenvalue weighted by Gasteiger charge is 2.06. The zero-order valence-corrected chi connectivity index (χ0v) is 11.5. The van der Waals surface area contributed by atoms with Crippen LogP contribution in [-0.2, 0) is 0 Å². The molecule has 2 aromatic carbocycles. The molecule has 0 N–H and O–H groups in total. The van der Waals surface area contributed by atoms with E-state index in [9.17, 15) is 4.39 Å². The lowest BCUT2D eigenvalue weighted by atomic mass is 10.1. The highest BCUT2D eigenvalue weighted by molar-refractivity contribution is 5.98. The van der Waals surface area contributed by atoms with E-state index in [1.165, 1.54) is 0 Å². The predicted octanol–water partition coefficient (Wildman–Crippen LogP) is 4.70. The topological polar surface area (TPSA) is 12.4 Å². The van der Waals surface area contributed by atoms with Crippen molar-refractivity contribution in [3.63, 3.8) is 0 Å². The maximum absolute atomic E-state index is 13.5. The van der Waals surface area contributed by atoms with Gasteiger partial charge in [-0.25, -0.2) is 4.39 Å². The van der Waals surface area contributed by atoms with E-state index in [1.807, 2.05) is 38.1 Å². The molecule has 0 spiro atoms. The monoisotopic (exact) mass is 255 g/mol. The molecular formula is C17H18FN. The van der Waals surface area contributed by atoms with Gasteiger partial charge in [0, 0.05) is 5.71 Å². The molecule has 0 aromatic heterocycles. The smallest absolute Gasteiger partial charge is 0.126 e. The second-order valence-electron chi connectivity index (χ2n) is 4.77. The summed E-state index contributed by atoms with van der Waals surface area (Å²) in [5.74, 6) is -0.181. The molecule has 0 aliphatic carbocycles. The van der Waals surface area contributed by atoms with E-state index in [0.29, 0.717) is 5.56 Å². The van der Waals surface area contributed by atoms with Crippen molar-refractivity contribution in [2.75, 3.05) is 0 Å². The highest BCUT2D eigenvalue weighted by Crippen LogP contribution is 2.18. The molecule has 0 unspecified atom stereocenters. The zero-order valence-electron chi connectivity index (χ0n) is 11.5. The number of rotatable bonds is 3. The summed E-state index contributed by atoms with van der Waals surface area (Å²) in [5.41, 5.74) is 3.52. The lowest BCUT2D eigenvalue weighted by Gasteiger charge is -2.09. The maximum atomic E-state index is 13.5. The number of benzene rings is 2. The average Bonchev–Trinajstić information content (AvgIpc) is 2.42. The third kappa shape index (κ3) is 3.28. The molecular weight excluding hydrogens is 237 g/mol. The summed E-state index contributed by atoms with van der Waals surface area (Å²) >= 11 is 0. The fourth-order valence-electron chi connectivity index (χ4n) is 1.99. The first kappa shape index (κ1) is 13.5. The van der Waals surface area contributed by atoms with Gasteiger partial charge >= 0.3 is 0 Å². The number of nitrogens with zero attached hydrogens (tertiary/aromatic N) is 1. The molecule has 98 valence electrons. The number of halogens is 1. The minimum absolute atomic E-state index is 0.0746. The Kier molecular flexibility index (Phi) is 4.10. The minimum atomic E-state index is -0.181. The normalized spacial score (nSPS) is 13.4. The second-order valence-corrected chi connectivity index (χ2v) is 4.77. The van der Waals surface area contributed by atoms with Gasteiger partial charge in [-0.05, 0) is 43.5 Å². The van der Waals surface area contributed by atoms with Crippen LogP contribution in [0.25, 0.3) is 0 Å². The van der Waals surface area contributed by atoms with Crippen molar-refractivity contribution >= 4 is 5.71 Å². The Morgan fingerprint density at radius 2 is 1.79 bits per heavy atom. The fraction of sp³-hybridized carbons (Fsp3) is 0.235. The van der Waals surface area contributed by atoms with Crippen molar-refractivity contribution in [3.05, 3.63) is 71.0 Å². The van der Waals surface area contributed by atoms with Crippen LogP contribution in [0.5, 0.6) is 0 Å². The van der Waals surface area contributed by atoms with Gasteiger partial charge in [0.15, 0.2) is 0 Å². The van der Waals surface area contributed by atoms with Crippen LogP contribution in [0.15, 0.2) is 53.5 Å². The quantitative estimate of drug-likeness (QED) is 0.705. The summed E-state index contributed by atoms with van der Waals surface area (Å²) in [4.78, 5) is 4.64. The Morgan fingerprint density at radius 3 is 2.42 bits per heavy atom. The van der Waals surface area contributed by atoms with Crippen LogP contribution in [-0.4, -0.2) is 5.71 Å². The molecule has 0 saturated heterocycles. The largest absolute Gasteiger partial charge is 0.282 e. The first-order chi connectivity index (χ1) is 9.08. The van der Waals surface area contributed by atoms with Gasteiger partial charge in [-0.1, -0.05) is 42.5 Å². The minimum Gasteiger partial charge on any atom is -0.282 e. The average molecular weight is 255 g/mol. The first-order valence-corrected chi connectivity index (χ1v) is 6.44. The van der Waals surface area contributed by atoms with Gasteiger partial charge in [0.25, 0.3) is 0 Å². The molecule has 0 saturated carbocycles. The van der Waals surface area contributed by atoms with Gasteiger partial charge in [-0.2, -0.15) is 0 Å². The Balaban J connectivity index is 2.25. The van der Waals surface area contributed by atoms with Crippen LogP contribution in [0.2, 0.25) is 0 Å². The molecule has 0 fully saturated rings. The predicted molar refractivity (Wildman–Crippen MR) is 78.2 cm³/mol. The van der Waals surface area contributed by atoms with Crippen molar-refractivity contribution in [1.29, 1.82) is 0 Å².